The fraction of sp³-hybridized carbons (Fsp3) is 0.348. The van der Waals surface area contributed by atoms with Crippen molar-refractivity contribution in [3.63, 3.8) is 0 Å². The minimum atomic E-state index is -0.740. The number of benzene rings is 2. The third-order valence-electron chi connectivity index (χ3n) is 5.22. The average molecular weight is 406 g/mol. The zero-order valence-electron chi connectivity index (χ0n) is 16.9. The second-order valence-electron chi connectivity index (χ2n) is 7.40. The molecule has 1 unspecified atom stereocenters. The number of carbonyl (C=O) groups is 1. The van der Waals surface area contributed by atoms with Crippen LogP contribution >= 0.6 is 0 Å². The molecule has 1 aromatic heterocycles. The first-order chi connectivity index (χ1) is 14.7. The Bertz CT molecular complexity index is 1030. The average Bonchev–Trinajstić information content (AvgIpc) is 3.12. The van der Waals surface area contributed by atoms with Crippen LogP contribution in [0.1, 0.15) is 36.8 Å². The van der Waals surface area contributed by atoms with E-state index in [4.69, 9.17) is 4.74 Å². The van der Waals surface area contributed by atoms with Crippen LogP contribution in [0.2, 0.25) is 0 Å². The smallest absolute Gasteiger partial charge is 0.345 e. The number of nitrogens with zero attached hydrogens (tertiary/aromatic N) is 3. The Morgan fingerprint density at radius 3 is 2.53 bits per heavy atom. The minimum absolute atomic E-state index is 0.0504. The fourth-order valence-corrected chi connectivity index (χ4v) is 3.66. The molecular weight excluding hydrogens is 380 g/mol. The third-order valence-corrected chi connectivity index (χ3v) is 5.22. The van der Waals surface area contributed by atoms with E-state index in [2.05, 4.69) is 10.4 Å². The van der Waals surface area contributed by atoms with Crippen LogP contribution in [0.15, 0.2) is 65.5 Å². The number of rotatable bonds is 8. The molecule has 7 heteroatoms. The van der Waals surface area contributed by atoms with E-state index >= 15 is 0 Å². The van der Waals surface area contributed by atoms with Gasteiger partial charge in [-0.05, 0) is 31.4 Å². The van der Waals surface area contributed by atoms with E-state index in [1.807, 2.05) is 60.7 Å². The van der Waals surface area contributed by atoms with Crippen molar-refractivity contribution in [1.82, 2.24) is 19.7 Å². The van der Waals surface area contributed by atoms with E-state index in [-0.39, 0.29) is 11.6 Å². The highest BCUT2D eigenvalue weighted by molar-refractivity contribution is 5.82. The van der Waals surface area contributed by atoms with Gasteiger partial charge in [-0.15, -0.1) is 0 Å². The molecule has 0 bridgehead atoms. The van der Waals surface area contributed by atoms with E-state index in [0.717, 1.165) is 37.2 Å². The molecular formula is C23H26N4O3. The lowest BCUT2D eigenvalue weighted by molar-refractivity contribution is -0.128. The van der Waals surface area contributed by atoms with Gasteiger partial charge < -0.3 is 10.1 Å². The van der Waals surface area contributed by atoms with Crippen LogP contribution in [0, 0.1) is 0 Å². The fourth-order valence-electron chi connectivity index (χ4n) is 3.66. The molecule has 2 heterocycles. The molecule has 7 nitrogen and oxygen atoms in total. The van der Waals surface area contributed by atoms with Crippen molar-refractivity contribution in [1.29, 1.82) is 0 Å². The van der Waals surface area contributed by atoms with Crippen LogP contribution in [0.25, 0.3) is 0 Å². The van der Waals surface area contributed by atoms with E-state index < -0.39 is 6.10 Å². The number of hydrogen-bond acceptors (Lipinski definition) is 4. The molecule has 30 heavy (non-hydrogen) atoms. The lowest BCUT2D eigenvalue weighted by atomic mass is 10.1. The summed E-state index contributed by atoms with van der Waals surface area (Å²) in [6.45, 7) is 1.67. The highest BCUT2D eigenvalue weighted by atomic mass is 16.5. The van der Waals surface area contributed by atoms with E-state index in [0.29, 0.717) is 25.3 Å². The predicted octanol–water partition coefficient (Wildman–Crippen LogP) is 2.71. The maximum absolute atomic E-state index is 12.9. The monoisotopic (exact) mass is 406 g/mol. The van der Waals surface area contributed by atoms with E-state index in [1.165, 1.54) is 4.68 Å². The van der Waals surface area contributed by atoms with Gasteiger partial charge >= 0.3 is 5.69 Å². The van der Waals surface area contributed by atoms with Crippen molar-refractivity contribution in [2.45, 2.75) is 44.9 Å². The summed E-state index contributed by atoms with van der Waals surface area (Å²) in [6, 6.07) is 18.7. The molecule has 0 radical (unpaired) electrons. The standard InChI is InChI=1S/C23H26N4O3/c28-22(21(18-10-3-1-4-11-18)30-19-12-5-2-6-13-19)24-15-9-17-27-23(29)26-16-8-7-14-20(26)25-27/h1-6,10-13,21H,7-9,14-17H2,(H,24,28). The van der Waals surface area contributed by atoms with Crippen molar-refractivity contribution >= 4 is 5.91 Å². The maximum atomic E-state index is 12.9. The summed E-state index contributed by atoms with van der Waals surface area (Å²) in [5, 5.41) is 7.37. The largest absolute Gasteiger partial charge is 0.476 e. The Balaban J connectivity index is 1.36. The van der Waals surface area contributed by atoms with E-state index in [1.54, 1.807) is 4.57 Å². The van der Waals surface area contributed by atoms with Crippen LogP contribution in [0.5, 0.6) is 5.75 Å². The molecule has 1 aliphatic heterocycles. The molecule has 4 rings (SSSR count). The summed E-state index contributed by atoms with van der Waals surface area (Å²) in [5.41, 5.74) is 0.738. The predicted molar refractivity (Wildman–Crippen MR) is 113 cm³/mol. The Morgan fingerprint density at radius 1 is 1.07 bits per heavy atom. The van der Waals surface area contributed by atoms with Crippen LogP contribution < -0.4 is 15.7 Å². The zero-order chi connectivity index (χ0) is 20.8. The molecule has 156 valence electrons. The Hall–Kier alpha value is -3.35. The third kappa shape index (κ3) is 4.62. The van der Waals surface area contributed by atoms with Crippen molar-refractivity contribution < 1.29 is 9.53 Å². The van der Waals surface area contributed by atoms with Crippen LogP contribution in [-0.4, -0.2) is 26.8 Å². The number of ether oxygens (including phenoxy) is 1. The van der Waals surface area contributed by atoms with Gasteiger partial charge in [0.1, 0.15) is 11.6 Å². The van der Waals surface area contributed by atoms with Gasteiger partial charge in [0.25, 0.3) is 5.91 Å². The van der Waals surface area contributed by atoms with Gasteiger partial charge in [-0.3, -0.25) is 9.36 Å². The minimum Gasteiger partial charge on any atom is -0.476 e. The van der Waals surface area contributed by atoms with Crippen molar-refractivity contribution in [2.75, 3.05) is 6.54 Å². The quantitative estimate of drug-likeness (QED) is 0.584. The van der Waals surface area contributed by atoms with Crippen molar-refractivity contribution in [3.8, 4) is 5.75 Å². The number of hydrogen-bond donors (Lipinski definition) is 1. The summed E-state index contributed by atoms with van der Waals surface area (Å²) in [5.74, 6) is 1.30. The first kappa shape index (κ1) is 19.9. The lowest BCUT2D eigenvalue weighted by Crippen LogP contribution is -2.34. The molecule has 0 saturated carbocycles. The lowest BCUT2D eigenvalue weighted by Gasteiger charge is -2.19. The maximum Gasteiger partial charge on any atom is 0.345 e. The number of amides is 1. The normalized spacial score (nSPS) is 14.0. The van der Waals surface area contributed by atoms with E-state index in [9.17, 15) is 9.59 Å². The van der Waals surface area contributed by atoms with Crippen LogP contribution in [0.3, 0.4) is 0 Å². The summed E-state index contributed by atoms with van der Waals surface area (Å²) in [7, 11) is 0. The van der Waals surface area contributed by atoms with Gasteiger partial charge in [0, 0.05) is 31.6 Å². The number of aryl methyl sites for hydroxylation is 2. The molecule has 3 aromatic rings. The summed E-state index contributed by atoms with van der Waals surface area (Å²) < 4.78 is 9.25. The number of carbonyl (C=O) groups excluding carboxylic acids is 1. The summed E-state index contributed by atoms with van der Waals surface area (Å²) in [4.78, 5) is 25.3. The SMILES string of the molecule is O=C(NCCCn1nc2n(c1=O)CCCC2)C(Oc1ccccc1)c1ccccc1. The summed E-state index contributed by atoms with van der Waals surface area (Å²) >= 11 is 0. The number of aromatic nitrogens is 3. The van der Waals surface area contributed by atoms with Crippen LogP contribution in [0.4, 0.5) is 0 Å². The van der Waals surface area contributed by atoms with Crippen molar-refractivity contribution in [3.05, 3.63) is 82.5 Å². The van der Waals surface area contributed by atoms with Crippen LogP contribution in [-0.2, 0) is 24.3 Å². The molecule has 1 amide bonds. The Kier molecular flexibility index (Phi) is 6.27. The van der Waals surface area contributed by atoms with Gasteiger partial charge in [-0.2, -0.15) is 5.10 Å². The second-order valence-corrected chi connectivity index (χ2v) is 7.40. The molecule has 1 N–H and O–H groups in total. The highest BCUT2D eigenvalue weighted by Crippen LogP contribution is 2.22. The summed E-state index contributed by atoms with van der Waals surface area (Å²) in [6.07, 6.45) is 2.84. The Labute approximate surface area is 175 Å². The Morgan fingerprint density at radius 2 is 1.80 bits per heavy atom. The van der Waals surface area contributed by atoms with Gasteiger partial charge in [-0.1, -0.05) is 48.5 Å². The molecule has 0 aliphatic carbocycles. The number of nitrogens with one attached hydrogen (secondary N) is 1. The van der Waals surface area contributed by atoms with Crippen molar-refractivity contribution in [2.24, 2.45) is 0 Å². The first-order valence-electron chi connectivity index (χ1n) is 10.4. The topological polar surface area (TPSA) is 78.2 Å². The number of para-hydroxylation sites is 1. The molecule has 0 saturated heterocycles. The van der Waals surface area contributed by atoms with Gasteiger partial charge in [0.15, 0.2) is 0 Å². The second kappa shape index (κ2) is 9.43. The van der Waals surface area contributed by atoms with Gasteiger partial charge in [0.2, 0.25) is 6.10 Å². The number of fused-ring (bicyclic) bond motifs is 1. The molecule has 0 fully saturated rings. The zero-order valence-corrected chi connectivity index (χ0v) is 16.9. The highest BCUT2D eigenvalue weighted by Gasteiger charge is 2.22. The van der Waals surface area contributed by atoms with Gasteiger partial charge in [0.05, 0.1) is 0 Å². The molecule has 1 aliphatic rings. The first-order valence-corrected chi connectivity index (χ1v) is 10.4. The molecule has 1 atom stereocenters. The van der Waals surface area contributed by atoms with Gasteiger partial charge in [-0.25, -0.2) is 9.48 Å². The molecule has 2 aromatic carbocycles. The molecule has 0 spiro atoms.